The van der Waals surface area contributed by atoms with Gasteiger partial charge in [0, 0.05) is 19.1 Å². The Morgan fingerprint density at radius 2 is 1.87 bits per heavy atom. The normalized spacial score (nSPS) is 23.4. The Morgan fingerprint density at radius 3 is 2.33 bits per heavy atom. The van der Waals surface area contributed by atoms with E-state index in [1.165, 1.54) is 19.4 Å². The first-order chi connectivity index (χ1) is 6.83. The number of hydrogen-bond donors (Lipinski definition) is 2. The third-order valence-electron chi connectivity index (χ3n) is 4.15. The molecule has 2 N–H and O–H groups in total. The van der Waals surface area contributed by atoms with E-state index in [0.717, 1.165) is 13.1 Å². The number of nitrogens with one attached hydrogen (secondary N) is 2. The first-order valence-electron chi connectivity index (χ1n) is 6.27. The molecule has 2 nitrogen and oxygen atoms in total. The van der Waals surface area contributed by atoms with Crippen LogP contribution in [0.5, 0.6) is 0 Å². The molecule has 1 aliphatic heterocycles. The van der Waals surface area contributed by atoms with Crippen molar-refractivity contribution in [1.29, 1.82) is 0 Å². The predicted molar refractivity (Wildman–Crippen MR) is 67.1 cm³/mol. The second-order valence-electron chi connectivity index (χ2n) is 6.56. The molecule has 90 valence electrons. The van der Waals surface area contributed by atoms with Crippen molar-refractivity contribution in [3.05, 3.63) is 0 Å². The number of hydrogen-bond acceptors (Lipinski definition) is 2. The highest BCUT2D eigenvalue weighted by atomic mass is 15.0. The van der Waals surface area contributed by atoms with E-state index in [4.69, 9.17) is 0 Å². The summed E-state index contributed by atoms with van der Waals surface area (Å²) in [4.78, 5) is 0. The maximum atomic E-state index is 3.61. The molecule has 1 rings (SSSR count). The van der Waals surface area contributed by atoms with Crippen LogP contribution in [-0.4, -0.2) is 25.7 Å². The SMILES string of the molecule is CC(C)(C)C(C)(C)CNCC1CCCN1. The largest absolute Gasteiger partial charge is 0.315 e. The quantitative estimate of drug-likeness (QED) is 0.748. The average molecular weight is 212 g/mol. The van der Waals surface area contributed by atoms with Crippen LogP contribution in [0.1, 0.15) is 47.5 Å². The van der Waals surface area contributed by atoms with Crippen molar-refractivity contribution in [2.24, 2.45) is 10.8 Å². The van der Waals surface area contributed by atoms with E-state index in [1.54, 1.807) is 0 Å². The molecule has 1 heterocycles. The Morgan fingerprint density at radius 1 is 1.20 bits per heavy atom. The topological polar surface area (TPSA) is 24.1 Å². The smallest absolute Gasteiger partial charge is 0.0192 e. The Hall–Kier alpha value is -0.0800. The molecule has 1 fully saturated rings. The van der Waals surface area contributed by atoms with E-state index in [-0.39, 0.29) is 0 Å². The summed E-state index contributed by atoms with van der Waals surface area (Å²) in [5.41, 5.74) is 0.717. The lowest BCUT2D eigenvalue weighted by molar-refractivity contribution is 0.128. The molecule has 1 saturated heterocycles. The molecule has 0 saturated carbocycles. The van der Waals surface area contributed by atoms with E-state index in [0.29, 0.717) is 16.9 Å². The van der Waals surface area contributed by atoms with E-state index in [1.807, 2.05) is 0 Å². The van der Waals surface area contributed by atoms with Crippen molar-refractivity contribution in [2.45, 2.75) is 53.5 Å². The van der Waals surface area contributed by atoms with Crippen molar-refractivity contribution in [3.63, 3.8) is 0 Å². The molecule has 0 amide bonds. The third-order valence-corrected chi connectivity index (χ3v) is 4.15. The van der Waals surface area contributed by atoms with Gasteiger partial charge in [-0.3, -0.25) is 0 Å². The molecule has 2 heteroatoms. The van der Waals surface area contributed by atoms with E-state index in [9.17, 15) is 0 Å². The van der Waals surface area contributed by atoms with Crippen LogP contribution in [0.15, 0.2) is 0 Å². The highest BCUT2D eigenvalue weighted by molar-refractivity contribution is 4.85. The highest BCUT2D eigenvalue weighted by Crippen LogP contribution is 2.36. The average Bonchev–Trinajstić information content (AvgIpc) is 2.54. The maximum absolute atomic E-state index is 3.61. The molecule has 1 atom stereocenters. The van der Waals surface area contributed by atoms with Gasteiger partial charge in [0.15, 0.2) is 0 Å². The van der Waals surface area contributed by atoms with Gasteiger partial charge < -0.3 is 10.6 Å². The van der Waals surface area contributed by atoms with Gasteiger partial charge in [-0.25, -0.2) is 0 Å². The summed E-state index contributed by atoms with van der Waals surface area (Å²) in [5.74, 6) is 0. The first-order valence-corrected chi connectivity index (χ1v) is 6.27. The van der Waals surface area contributed by atoms with Crippen LogP contribution in [0.4, 0.5) is 0 Å². The Kier molecular flexibility index (Phi) is 4.19. The lowest BCUT2D eigenvalue weighted by Crippen LogP contribution is -2.43. The summed E-state index contributed by atoms with van der Waals surface area (Å²) in [6, 6.07) is 0.709. The standard InChI is InChI=1S/C13H28N2/c1-12(2,3)13(4,5)10-14-9-11-7-6-8-15-11/h11,14-15H,6-10H2,1-5H3. The second kappa shape index (κ2) is 4.84. The van der Waals surface area contributed by atoms with Gasteiger partial charge in [0.2, 0.25) is 0 Å². The minimum Gasteiger partial charge on any atom is -0.315 e. The van der Waals surface area contributed by atoms with E-state index < -0.39 is 0 Å². The zero-order chi connectivity index (χ0) is 11.5. The fraction of sp³-hybridized carbons (Fsp3) is 1.00. The summed E-state index contributed by atoms with van der Waals surface area (Å²) in [5, 5.41) is 7.13. The minimum absolute atomic E-state index is 0.353. The van der Waals surface area contributed by atoms with E-state index >= 15 is 0 Å². The Labute approximate surface area is 95.2 Å². The van der Waals surface area contributed by atoms with Crippen LogP contribution in [0.3, 0.4) is 0 Å². The van der Waals surface area contributed by atoms with Crippen molar-refractivity contribution in [3.8, 4) is 0 Å². The Bertz CT molecular complexity index is 185. The number of rotatable bonds is 4. The van der Waals surface area contributed by atoms with Crippen molar-refractivity contribution < 1.29 is 0 Å². The molecule has 0 aromatic carbocycles. The first kappa shape index (κ1) is 13.0. The summed E-state index contributed by atoms with van der Waals surface area (Å²) >= 11 is 0. The molecule has 0 bridgehead atoms. The van der Waals surface area contributed by atoms with Crippen LogP contribution < -0.4 is 10.6 Å². The van der Waals surface area contributed by atoms with Gasteiger partial charge in [0.25, 0.3) is 0 Å². The molecular weight excluding hydrogens is 184 g/mol. The maximum Gasteiger partial charge on any atom is 0.0192 e. The molecule has 15 heavy (non-hydrogen) atoms. The molecule has 0 aromatic rings. The van der Waals surface area contributed by atoms with Gasteiger partial charge in [-0.2, -0.15) is 0 Å². The van der Waals surface area contributed by atoms with Gasteiger partial charge in [0.1, 0.15) is 0 Å². The third kappa shape index (κ3) is 3.76. The highest BCUT2D eigenvalue weighted by Gasteiger charge is 2.32. The van der Waals surface area contributed by atoms with Gasteiger partial charge in [0.05, 0.1) is 0 Å². The molecule has 0 aromatic heterocycles. The summed E-state index contributed by atoms with van der Waals surface area (Å²) in [7, 11) is 0. The van der Waals surface area contributed by atoms with Crippen molar-refractivity contribution in [2.75, 3.05) is 19.6 Å². The fourth-order valence-electron chi connectivity index (χ4n) is 1.76. The van der Waals surface area contributed by atoms with E-state index in [2.05, 4.69) is 45.3 Å². The fourth-order valence-corrected chi connectivity index (χ4v) is 1.76. The summed E-state index contributed by atoms with van der Waals surface area (Å²) < 4.78 is 0. The van der Waals surface area contributed by atoms with Crippen molar-refractivity contribution in [1.82, 2.24) is 10.6 Å². The molecular formula is C13H28N2. The minimum atomic E-state index is 0.353. The Balaban J connectivity index is 2.23. The second-order valence-corrected chi connectivity index (χ2v) is 6.56. The van der Waals surface area contributed by atoms with Gasteiger partial charge in [-0.1, -0.05) is 34.6 Å². The monoisotopic (exact) mass is 212 g/mol. The lowest BCUT2D eigenvalue weighted by Gasteiger charge is -2.39. The van der Waals surface area contributed by atoms with Gasteiger partial charge in [-0.05, 0) is 30.2 Å². The summed E-state index contributed by atoms with van der Waals surface area (Å²) in [6.45, 7) is 15.1. The molecule has 1 unspecified atom stereocenters. The molecule has 1 aliphatic rings. The van der Waals surface area contributed by atoms with Crippen LogP contribution >= 0.6 is 0 Å². The van der Waals surface area contributed by atoms with Crippen molar-refractivity contribution >= 4 is 0 Å². The predicted octanol–water partition coefficient (Wildman–Crippen LogP) is 2.40. The molecule has 0 radical (unpaired) electrons. The molecule has 0 aliphatic carbocycles. The van der Waals surface area contributed by atoms with Crippen LogP contribution in [0.25, 0.3) is 0 Å². The van der Waals surface area contributed by atoms with Crippen LogP contribution in [0.2, 0.25) is 0 Å². The van der Waals surface area contributed by atoms with Gasteiger partial charge in [-0.15, -0.1) is 0 Å². The zero-order valence-electron chi connectivity index (χ0n) is 11.1. The van der Waals surface area contributed by atoms with Gasteiger partial charge >= 0.3 is 0 Å². The zero-order valence-corrected chi connectivity index (χ0v) is 11.1. The lowest BCUT2D eigenvalue weighted by atomic mass is 9.69. The molecule has 0 spiro atoms. The summed E-state index contributed by atoms with van der Waals surface area (Å²) in [6.07, 6.45) is 2.68. The van der Waals surface area contributed by atoms with Crippen LogP contribution in [-0.2, 0) is 0 Å². The van der Waals surface area contributed by atoms with Crippen LogP contribution in [0, 0.1) is 10.8 Å².